The number of hydrogen-bond acceptors (Lipinski definition) is 4. The van der Waals surface area contributed by atoms with Crippen LogP contribution in [-0.4, -0.2) is 25.7 Å². The van der Waals surface area contributed by atoms with E-state index in [2.05, 4.69) is 4.72 Å². The molecule has 5 nitrogen and oxygen atoms in total. The van der Waals surface area contributed by atoms with Crippen LogP contribution in [0.15, 0.2) is 11.0 Å². The van der Waals surface area contributed by atoms with Gasteiger partial charge in [-0.1, -0.05) is 18.9 Å². The van der Waals surface area contributed by atoms with Gasteiger partial charge in [-0.25, -0.2) is 13.1 Å². The van der Waals surface area contributed by atoms with Crippen LogP contribution in [0, 0.1) is 20.8 Å². The van der Waals surface area contributed by atoms with Gasteiger partial charge in [0.2, 0.25) is 10.0 Å². The number of benzene rings is 1. The third-order valence-electron chi connectivity index (χ3n) is 4.35. The maximum atomic E-state index is 12.6. The minimum absolute atomic E-state index is 0.0575. The van der Waals surface area contributed by atoms with E-state index in [9.17, 15) is 13.5 Å². The van der Waals surface area contributed by atoms with Gasteiger partial charge in [-0.15, -0.1) is 0 Å². The van der Waals surface area contributed by atoms with Crippen LogP contribution >= 0.6 is 0 Å². The van der Waals surface area contributed by atoms with Crippen molar-refractivity contribution < 1.29 is 13.5 Å². The Hall–Kier alpha value is -1.11. The molecule has 6 heteroatoms. The van der Waals surface area contributed by atoms with E-state index < -0.39 is 15.6 Å². The van der Waals surface area contributed by atoms with Crippen LogP contribution < -0.4 is 10.5 Å². The van der Waals surface area contributed by atoms with Crippen LogP contribution in [0.1, 0.15) is 42.4 Å². The molecule has 1 fully saturated rings. The average molecular weight is 312 g/mol. The molecule has 21 heavy (non-hydrogen) atoms. The summed E-state index contributed by atoms with van der Waals surface area (Å²) in [5.41, 5.74) is 7.65. The van der Waals surface area contributed by atoms with Gasteiger partial charge in [-0.2, -0.15) is 0 Å². The molecule has 0 unspecified atom stereocenters. The van der Waals surface area contributed by atoms with Gasteiger partial charge in [0, 0.05) is 12.2 Å². The highest BCUT2D eigenvalue weighted by atomic mass is 32.2. The second-order valence-corrected chi connectivity index (χ2v) is 7.84. The Morgan fingerprint density at radius 3 is 2.38 bits per heavy atom. The van der Waals surface area contributed by atoms with Crippen molar-refractivity contribution in [3.63, 3.8) is 0 Å². The van der Waals surface area contributed by atoms with E-state index in [0.29, 0.717) is 29.7 Å². The van der Waals surface area contributed by atoms with E-state index in [-0.39, 0.29) is 11.4 Å². The second-order valence-electron chi connectivity index (χ2n) is 6.13. The van der Waals surface area contributed by atoms with Crippen LogP contribution in [0.3, 0.4) is 0 Å². The molecule has 0 saturated heterocycles. The van der Waals surface area contributed by atoms with E-state index in [1.165, 1.54) is 0 Å². The standard InChI is InChI=1S/C15H24N2O3S/c1-10-8-11(2)14(12(3)13(10)16)21(19,20)17-9-15(18)6-4-5-7-15/h8,17-18H,4-7,9,16H2,1-3H3. The number of anilines is 1. The summed E-state index contributed by atoms with van der Waals surface area (Å²) in [5, 5.41) is 10.3. The number of sulfonamides is 1. The first-order valence-electron chi connectivity index (χ1n) is 7.25. The maximum Gasteiger partial charge on any atom is 0.241 e. The van der Waals surface area contributed by atoms with Crippen LogP contribution in [0.4, 0.5) is 5.69 Å². The Labute approximate surface area is 126 Å². The molecule has 0 radical (unpaired) electrons. The van der Waals surface area contributed by atoms with Crippen molar-refractivity contribution in [2.75, 3.05) is 12.3 Å². The highest BCUT2D eigenvalue weighted by Crippen LogP contribution is 2.31. The Balaban J connectivity index is 2.30. The summed E-state index contributed by atoms with van der Waals surface area (Å²) in [5.74, 6) is 0. The topological polar surface area (TPSA) is 92.4 Å². The normalized spacial score (nSPS) is 18.1. The molecule has 1 aliphatic carbocycles. The van der Waals surface area contributed by atoms with Gasteiger partial charge in [0.25, 0.3) is 0 Å². The summed E-state index contributed by atoms with van der Waals surface area (Å²) in [7, 11) is -3.68. The summed E-state index contributed by atoms with van der Waals surface area (Å²) >= 11 is 0. The van der Waals surface area contributed by atoms with Crippen LogP contribution in [0.2, 0.25) is 0 Å². The maximum absolute atomic E-state index is 12.6. The average Bonchev–Trinajstić information content (AvgIpc) is 2.81. The molecular formula is C15H24N2O3S. The fourth-order valence-corrected chi connectivity index (χ4v) is 4.71. The fraction of sp³-hybridized carbons (Fsp3) is 0.600. The summed E-state index contributed by atoms with van der Waals surface area (Å²) in [4.78, 5) is 0.229. The lowest BCUT2D eigenvalue weighted by Gasteiger charge is -2.23. The first-order valence-corrected chi connectivity index (χ1v) is 8.73. The molecule has 118 valence electrons. The molecule has 1 aromatic carbocycles. The van der Waals surface area contributed by atoms with Gasteiger partial charge in [-0.3, -0.25) is 0 Å². The quantitative estimate of drug-likeness (QED) is 0.739. The predicted molar refractivity (Wildman–Crippen MR) is 83.7 cm³/mol. The highest BCUT2D eigenvalue weighted by molar-refractivity contribution is 7.89. The molecule has 1 aromatic rings. The van der Waals surface area contributed by atoms with Crippen molar-refractivity contribution in [3.05, 3.63) is 22.8 Å². The van der Waals surface area contributed by atoms with Gasteiger partial charge >= 0.3 is 0 Å². The van der Waals surface area contributed by atoms with Crippen molar-refractivity contribution in [1.82, 2.24) is 4.72 Å². The number of aryl methyl sites for hydroxylation is 2. The molecule has 2 rings (SSSR count). The third-order valence-corrected chi connectivity index (χ3v) is 6.04. The molecule has 0 aromatic heterocycles. The van der Waals surface area contributed by atoms with Crippen molar-refractivity contribution in [2.45, 2.75) is 57.0 Å². The molecule has 0 bridgehead atoms. The number of hydrogen-bond donors (Lipinski definition) is 3. The molecule has 1 aliphatic rings. The summed E-state index contributed by atoms with van der Waals surface area (Å²) in [6, 6.07) is 1.78. The minimum Gasteiger partial charge on any atom is -0.398 e. The SMILES string of the molecule is Cc1cc(C)c(S(=O)(=O)NCC2(O)CCCC2)c(C)c1N. The largest absolute Gasteiger partial charge is 0.398 e. The van der Waals surface area contributed by atoms with E-state index in [0.717, 1.165) is 18.4 Å². The van der Waals surface area contributed by atoms with Crippen LogP contribution in [0.5, 0.6) is 0 Å². The van der Waals surface area contributed by atoms with Crippen molar-refractivity contribution >= 4 is 15.7 Å². The molecule has 0 aliphatic heterocycles. The fourth-order valence-electron chi connectivity index (χ4n) is 3.11. The molecule has 4 N–H and O–H groups in total. The van der Waals surface area contributed by atoms with Gasteiger partial charge in [0.1, 0.15) is 0 Å². The lowest BCUT2D eigenvalue weighted by molar-refractivity contribution is 0.0531. The van der Waals surface area contributed by atoms with Gasteiger partial charge < -0.3 is 10.8 Å². The number of nitrogens with one attached hydrogen (secondary N) is 1. The molecular weight excluding hydrogens is 288 g/mol. The predicted octanol–water partition coefficient (Wildman–Crippen LogP) is 1.78. The highest BCUT2D eigenvalue weighted by Gasteiger charge is 2.33. The van der Waals surface area contributed by atoms with E-state index in [1.807, 2.05) is 6.92 Å². The van der Waals surface area contributed by atoms with Gasteiger partial charge in [-0.05, 0) is 50.3 Å². The monoisotopic (exact) mass is 312 g/mol. The molecule has 1 saturated carbocycles. The Kier molecular flexibility index (Phi) is 4.33. The Morgan fingerprint density at radius 2 is 1.81 bits per heavy atom. The van der Waals surface area contributed by atoms with E-state index in [1.54, 1.807) is 19.9 Å². The third kappa shape index (κ3) is 3.22. The Bertz CT molecular complexity index is 647. The molecule has 0 spiro atoms. The summed E-state index contributed by atoms with van der Waals surface area (Å²) < 4.78 is 27.7. The molecule has 0 amide bonds. The second kappa shape index (κ2) is 5.59. The Morgan fingerprint density at radius 1 is 1.24 bits per heavy atom. The lowest BCUT2D eigenvalue weighted by Crippen LogP contribution is -2.41. The van der Waals surface area contributed by atoms with Crippen molar-refractivity contribution in [1.29, 1.82) is 0 Å². The first kappa shape index (κ1) is 16.3. The van der Waals surface area contributed by atoms with Gasteiger partial charge in [0.15, 0.2) is 0 Å². The number of nitrogens with two attached hydrogens (primary N) is 1. The van der Waals surface area contributed by atoms with Crippen LogP contribution in [0.25, 0.3) is 0 Å². The lowest BCUT2D eigenvalue weighted by atomic mass is 10.0. The minimum atomic E-state index is -3.68. The summed E-state index contributed by atoms with van der Waals surface area (Å²) in [6.07, 6.45) is 3.16. The molecule has 0 heterocycles. The smallest absolute Gasteiger partial charge is 0.241 e. The van der Waals surface area contributed by atoms with E-state index in [4.69, 9.17) is 5.73 Å². The zero-order valence-corrected chi connectivity index (χ0v) is 13.7. The zero-order valence-electron chi connectivity index (χ0n) is 12.9. The summed E-state index contributed by atoms with van der Waals surface area (Å²) in [6.45, 7) is 5.40. The van der Waals surface area contributed by atoms with Crippen LogP contribution in [-0.2, 0) is 10.0 Å². The number of rotatable bonds is 4. The van der Waals surface area contributed by atoms with E-state index >= 15 is 0 Å². The number of aliphatic hydroxyl groups is 1. The van der Waals surface area contributed by atoms with Gasteiger partial charge in [0.05, 0.1) is 10.5 Å². The number of nitrogen functional groups attached to an aromatic ring is 1. The van der Waals surface area contributed by atoms with Crippen molar-refractivity contribution in [2.24, 2.45) is 0 Å². The van der Waals surface area contributed by atoms with Crippen molar-refractivity contribution in [3.8, 4) is 0 Å². The first-order chi connectivity index (χ1) is 9.66. The molecule has 0 atom stereocenters. The zero-order chi connectivity index (χ0) is 15.8.